The first-order chi connectivity index (χ1) is 12.7. The molecule has 1 atom stereocenters. The highest BCUT2D eigenvalue weighted by Gasteiger charge is 2.32. The average Bonchev–Trinajstić information content (AvgIpc) is 3.14. The van der Waals surface area contributed by atoms with Crippen LogP contribution in [0.3, 0.4) is 0 Å². The van der Waals surface area contributed by atoms with Crippen molar-refractivity contribution in [2.45, 2.75) is 57.7 Å². The van der Waals surface area contributed by atoms with Gasteiger partial charge in [-0.3, -0.25) is 0 Å². The number of amides is 2. The van der Waals surface area contributed by atoms with Crippen molar-refractivity contribution in [3.63, 3.8) is 0 Å². The van der Waals surface area contributed by atoms with Crippen molar-refractivity contribution in [2.75, 3.05) is 19.6 Å². The van der Waals surface area contributed by atoms with Crippen LogP contribution >= 0.6 is 0 Å². The van der Waals surface area contributed by atoms with E-state index in [2.05, 4.69) is 46.4 Å². The molecule has 2 aliphatic rings. The number of rotatable bonds is 7. The second-order valence-corrected chi connectivity index (χ2v) is 7.87. The molecule has 1 aliphatic heterocycles. The zero-order valence-corrected chi connectivity index (χ0v) is 15.7. The molecule has 1 aromatic carbocycles. The molecule has 2 heterocycles. The molecular weight excluding hydrogens is 324 g/mol. The number of H-pyrrole nitrogens is 1. The third kappa shape index (κ3) is 4.04. The van der Waals surface area contributed by atoms with Crippen molar-refractivity contribution in [2.24, 2.45) is 0 Å². The van der Waals surface area contributed by atoms with Gasteiger partial charge >= 0.3 is 6.03 Å². The third-order valence-electron chi connectivity index (χ3n) is 5.82. The second kappa shape index (κ2) is 7.70. The van der Waals surface area contributed by atoms with Gasteiger partial charge in [0.1, 0.15) is 0 Å². The van der Waals surface area contributed by atoms with Gasteiger partial charge in [-0.1, -0.05) is 6.07 Å². The predicted octanol–water partition coefficient (Wildman–Crippen LogP) is 3.72. The monoisotopic (exact) mass is 354 g/mol. The molecular formula is C21H30N4O. The van der Waals surface area contributed by atoms with Crippen LogP contribution in [0.1, 0.15) is 44.6 Å². The summed E-state index contributed by atoms with van der Waals surface area (Å²) in [7, 11) is 0. The Balaban J connectivity index is 1.31. The maximum Gasteiger partial charge on any atom is 0.317 e. The fraction of sp³-hybridized carbons (Fsp3) is 0.571. The lowest BCUT2D eigenvalue weighted by molar-refractivity contribution is 0.189. The molecule has 5 heteroatoms. The number of nitrogens with zero attached hydrogens (tertiary/aromatic N) is 2. The molecule has 5 nitrogen and oxygen atoms in total. The van der Waals surface area contributed by atoms with E-state index in [0.29, 0.717) is 18.6 Å². The van der Waals surface area contributed by atoms with Gasteiger partial charge in [0, 0.05) is 36.9 Å². The van der Waals surface area contributed by atoms with Crippen molar-refractivity contribution in [1.29, 1.82) is 0 Å². The molecule has 0 spiro atoms. The summed E-state index contributed by atoms with van der Waals surface area (Å²) in [5.41, 5.74) is 2.34. The minimum atomic E-state index is 0.0929. The Morgan fingerprint density at radius 3 is 2.88 bits per heavy atom. The van der Waals surface area contributed by atoms with E-state index in [1.165, 1.54) is 36.9 Å². The second-order valence-electron chi connectivity index (χ2n) is 7.87. The Hall–Kier alpha value is -2.01. The van der Waals surface area contributed by atoms with Crippen molar-refractivity contribution in [3.8, 4) is 0 Å². The smallest absolute Gasteiger partial charge is 0.317 e. The molecule has 2 aromatic rings. The summed E-state index contributed by atoms with van der Waals surface area (Å²) < 4.78 is 0. The van der Waals surface area contributed by atoms with Crippen LogP contribution < -0.4 is 5.32 Å². The van der Waals surface area contributed by atoms with Gasteiger partial charge in [-0.2, -0.15) is 0 Å². The highest BCUT2D eigenvalue weighted by Crippen LogP contribution is 2.29. The average molecular weight is 354 g/mol. The fourth-order valence-corrected chi connectivity index (χ4v) is 4.01. The number of aromatic nitrogens is 1. The highest BCUT2D eigenvalue weighted by atomic mass is 16.2. The number of carbonyl (C=O) groups is 1. The van der Waals surface area contributed by atoms with Crippen LogP contribution in [0.5, 0.6) is 0 Å². The number of carbonyl (C=O) groups excluding carboxylic acids is 1. The van der Waals surface area contributed by atoms with Crippen LogP contribution in [0.4, 0.5) is 4.79 Å². The highest BCUT2D eigenvalue weighted by molar-refractivity contribution is 5.80. The van der Waals surface area contributed by atoms with Gasteiger partial charge in [0.05, 0.1) is 0 Å². The van der Waals surface area contributed by atoms with Gasteiger partial charge < -0.3 is 20.1 Å². The third-order valence-corrected chi connectivity index (χ3v) is 5.82. The molecule has 0 unspecified atom stereocenters. The lowest BCUT2D eigenvalue weighted by atomic mass is 10.1. The minimum Gasteiger partial charge on any atom is -0.361 e. The quantitative estimate of drug-likeness (QED) is 0.796. The zero-order chi connectivity index (χ0) is 17.9. The summed E-state index contributed by atoms with van der Waals surface area (Å²) in [5, 5.41) is 4.37. The number of likely N-dealkylation sites (tertiary alicyclic amines) is 1. The van der Waals surface area contributed by atoms with Crippen molar-refractivity contribution in [1.82, 2.24) is 20.1 Å². The number of fused-ring (bicyclic) bond motifs is 1. The summed E-state index contributed by atoms with van der Waals surface area (Å²) in [6, 6.07) is 9.55. The summed E-state index contributed by atoms with van der Waals surface area (Å²) in [6.07, 6.45) is 7.88. The summed E-state index contributed by atoms with van der Waals surface area (Å²) >= 11 is 0. The standard InChI is InChI=1S/C21H30N4O/c1-16(24-12-2-3-13-24)8-10-23-21(26)25(19-5-6-19)15-17-4-7-20-18(14-17)9-11-22-20/h4,7,9,11,14,16,19,22H,2-3,5-6,8,10,12-13,15H2,1H3,(H,23,26)/t16-/m0/s1. The zero-order valence-electron chi connectivity index (χ0n) is 15.7. The Kier molecular flexibility index (Phi) is 5.16. The molecule has 1 aromatic heterocycles. The number of hydrogen-bond donors (Lipinski definition) is 2. The molecule has 0 bridgehead atoms. The fourth-order valence-electron chi connectivity index (χ4n) is 4.01. The van der Waals surface area contributed by atoms with E-state index in [1.54, 1.807) is 0 Å². The molecule has 140 valence electrons. The first-order valence-corrected chi connectivity index (χ1v) is 10.1. The lowest BCUT2D eigenvalue weighted by Gasteiger charge is -2.26. The van der Waals surface area contributed by atoms with E-state index in [-0.39, 0.29) is 6.03 Å². The van der Waals surface area contributed by atoms with E-state index in [4.69, 9.17) is 0 Å². The molecule has 0 radical (unpaired) electrons. The minimum absolute atomic E-state index is 0.0929. The number of benzene rings is 1. The van der Waals surface area contributed by atoms with Gasteiger partial charge in [-0.05, 0) is 81.3 Å². The van der Waals surface area contributed by atoms with Crippen molar-refractivity contribution in [3.05, 3.63) is 36.0 Å². The van der Waals surface area contributed by atoms with Gasteiger partial charge in [0.25, 0.3) is 0 Å². The topological polar surface area (TPSA) is 51.4 Å². The molecule has 1 saturated heterocycles. The molecule has 4 rings (SSSR count). The summed E-state index contributed by atoms with van der Waals surface area (Å²) in [5.74, 6) is 0. The van der Waals surface area contributed by atoms with Crippen molar-refractivity contribution >= 4 is 16.9 Å². The Morgan fingerprint density at radius 2 is 2.12 bits per heavy atom. The predicted molar refractivity (Wildman–Crippen MR) is 105 cm³/mol. The van der Waals surface area contributed by atoms with E-state index in [9.17, 15) is 4.79 Å². The number of aromatic amines is 1. The largest absolute Gasteiger partial charge is 0.361 e. The van der Waals surface area contributed by atoms with Crippen LogP contribution in [0.25, 0.3) is 10.9 Å². The molecule has 2 amide bonds. The van der Waals surface area contributed by atoms with Gasteiger partial charge in [0.2, 0.25) is 0 Å². The summed E-state index contributed by atoms with van der Waals surface area (Å²) in [6.45, 7) is 6.16. The first-order valence-electron chi connectivity index (χ1n) is 10.1. The van der Waals surface area contributed by atoms with E-state index >= 15 is 0 Å². The van der Waals surface area contributed by atoms with Crippen molar-refractivity contribution < 1.29 is 4.79 Å². The molecule has 2 fully saturated rings. The Morgan fingerprint density at radius 1 is 1.31 bits per heavy atom. The first kappa shape index (κ1) is 17.4. The molecule has 2 N–H and O–H groups in total. The normalized spacial score (nSPS) is 19.0. The molecule has 1 aliphatic carbocycles. The van der Waals surface area contributed by atoms with Gasteiger partial charge in [-0.15, -0.1) is 0 Å². The van der Waals surface area contributed by atoms with Gasteiger partial charge in [0.15, 0.2) is 0 Å². The van der Waals surface area contributed by atoms with Crippen LogP contribution in [0, 0.1) is 0 Å². The van der Waals surface area contributed by atoms with E-state index < -0.39 is 0 Å². The van der Waals surface area contributed by atoms with E-state index in [0.717, 1.165) is 31.3 Å². The maximum absolute atomic E-state index is 12.7. The maximum atomic E-state index is 12.7. The number of hydrogen-bond acceptors (Lipinski definition) is 2. The van der Waals surface area contributed by atoms with Gasteiger partial charge in [-0.25, -0.2) is 4.79 Å². The van der Waals surface area contributed by atoms with Crippen LogP contribution in [0.15, 0.2) is 30.5 Å². The van der Waals surface area contributed by atoms with Crippen LogP contribution in [0.2, 0.25) is 0 Å². The van der Waals surface area contributed by atoms with Crippen LogP contribution in [-0.4, -0.2) is 52.5 Å². The Labute approximate surface area is 155 Å². The SMILES string of the molecule is C[C@@H](CCNC(=O)N(Cc1ccc2[nH]ccc2c1)C1CC1)N1CCCC1. The number of nitrogens with one attached hydrogen (secondary N) is 2. The van der Waals surface area contributed by atoms with Crippen LogP contribution in [-0.2, 0) is 6.54 Å². The lowest BCUT2D eigenvalue weighted by Crippen LogP contribution is -2.42. The van der Waals surface area contributed by atoms with E-state index in [1.807, 2.05) is 11.1 Å². The number of urea groups is 1. The molecule has 1 saturated carbocycles. The Bertz CT molecular complexity index is 745. The molecule has 26 heavy (non-hydrogen) atoms. The summed E-state index contributed by atoms with van der Waals surface area (Å²) in [4.78, 5) is 20.5.